The summed E-state index contributed by atoms with van der Waals surface area (Å²) in [5.41, 5.74) is 1.59. The number of aromatic nitrogens is 2. The highest BCUT2D eigenvalue weighted by Crippen LogP contribution is 2.18. The average Bonchev–Trinajstić information content (AvgIpc) is 3.06. The van der Waals surface area contributed by atoms with E-state index in [2.05, 4.69) is 10.4 Å². The Bertz CT molecular complexity index is 1070. The summed E-state index contributed by atoms with van der Waals surface area (Å²) in [5, 5.41) is 16.9. The molecular formula is C21H22N4O4. The summed E-state index contributed by atoms with van der Waals surface area (Å²) in [6, 6.07) is 15.3. The van der Waals surface area contributed by atoms with E-state index >= 15 is 0 Å². The Morgan fingerprint density at radius 2 is 1.79 bits per heavy atom. The minimum atomic E-state index is -0.506. The number of ketones is 1. The first-order chi connectivity index (χ1) is 13.9. The van der Waals surface area contributed by atoms with Crippen LogP contribution in [0.5, 0.6) is 0 Å². The molecule has 8 nitrogen and oxygen atoms in total. The monoisotopic (exact) mass is 394 g/mol. The molecule has 2 N–H and O–H groups in total. The molecule has 0 saturated heterocycles. The maximum absolute atomic E-state index is 12.9. The van der Waals surface area contributed by atoms with Gasteiger partial charge in [-0.15, -0.1) is 0 Å². The summed E-state index contributed by atoms with van der Waals surface area (Å²) in [7, 11) is 0. The van der Waals surface area contributed by atoms with Crippen LogP contribution in [0.4, 0.5) is 5.69 Å². The molecule has 0 atom stereocenters. The van der Waals surface area contributed by atoms with Crippen LogP contribution in [-0.4, -0.2) is 27.0 Å². The maximum Gasteiger partial charge on any atom is 0.282 e. The van der Waals surface area contributed by atoms with E-state index in [4.69, 9.17) is 0 Å². The summed E-state index contributed by atoms with van der Waals surface area (Å²) in [5.74, 6) is -0.374. The molecule has 0 amide bonds. The fraction of sp³-hybridized carbons (Fsp3) is 0.238. The van der Waals surface area contributed by atoms with Crippen LogP contribution in [0.1, 0.15) is 41.4 Å². The number of nitro groups is 1. The highest BCUT2D eigenvalue weighted by molar-refractivity contribution is 5.98. The number of nitrogens with one attached hydrogen (secondary N) is 2. The van der Waals surface area contributed by atoms with Crippen LogP contribution in [0.25, 0.3) is 5.69 Å². The number of benzene rings is 2. The third kappa shape index (κ3) is 4.49. The number of Topliss-reactive ketones (excluding diaryl/α,β-unsaturated/α-hetero) is 1. The van der Waals surface area contributed by atoms with Crippen molar-refractivity contribution in [1.82, 2.24) is 15.1 Å². The lowest BCUT2D eigenvalue weighted by atomic mass is 10.0. The number of aromatic amines is 1. The lowest BCUT2D eigenvalue weighted by Crippen LogP contribution is -2.28. The molecule has 0 unspecified atom stereocenters. The van der Waals surface area contributed by atoms with E-state index in [-0.39, 0.29) is 29.5 Å². The molecular weight excluding hydrogens is 372 g/mol. The van der Waals surface area contributed by atoms with Crippen molar-refractivity contribution in [3.63, 3.8) is 0 Å². The van der Waals surface area contributed by atoms with Gasteiger partial charge in [0.05, 0.1) is 22.8 Å². The molecule has 0 fully saturated rings. The van der Waals surface area contributed by atoms with Crippen LogP contribution in [-0.2, 0) is 6.54 Å². The van der Waals surface area contributed by atoms with Gasteiger partial charge in [-0.25, -0.2) is 4.68 Å². The zero-order valence-electron chi connectivity index (χ0n) is 16.2. The number of rotatable bonds is 8. The Balaban J connectivity index is 1.85. The largest absolute Gasteiger partial charge is 0.306 e. The van der Waals surface area contributed by atoms with Crippen molar-refractivity contribution in [2.75, 3.05) is 6.54 Å². The zero-order valence-corrected chi connectivity index (χ0v) is 16.2. The van der Waals surface area contributed by atoms with Gasteiger partial charge < -0.3 is 5.32 Å². The van der Waals surface area contributed by atoms with Gasteiger partial charge in [0.15, 0.2) is 5.78 Å². The predicted octanol–water partition coefficient (Wildman–Crippen LogP) is 3.17. The first kappa shape index (κ1) is 20.2. The van der Waals surface area contributed by atoms with Crippen molar-refractivity contribution >= 4 is 11.5 Å². The van der Waals surface area contributed by atoms with Crippen molar-refractivity contribution in [3.8, 4) is 5.69 Å². The summed E-state index contributed by atoms with van der Waals surface area (Å²) < 4.78 is 1.25. The number of hydrogen-bond donors (Lipinski definition) is 2. The molecule has 1 heterocycles. The van der Waals surface area contributed by atoms with Crippen molar-refractivity contribution in [2.45, 2.75) is 26.3 Å². The van der Waals surface area contributed by atoms with Crippen molar-refractivity contribution in [1.29, 1.82) is 0 Å². The Morgan fingerprint density at radius 1 is 1.14 bits per heavy atom. The van der Waals surface area contributed by atoms with E-state index in [1.54, 1.807) is 0 Å². The van der Waals surface area contributed by atoms with E-state index in [9.17, 15) is 19.7 Å². The quantitative estimate of drug-likeness (QED) is 0.346. The topological polar surface area (TPSA) is 110 Å². The van der Waals surface area contributed by atoms with Gasteiger partial charge in [0.25, 0.3) is 11.2 Å². The molecule has 0 spiro atoms. The standard InChI is InChI=1S/C21H22N4O4/c1-14(2)20-19(18(26)13-22-12-15-6-4-3-5-7-15)21(27)24(23-20)16-8-10-17(11-9-16)25(28)29/h3-11,14,22-23H,12-13H2,1-2H3. The van der Waals surface area contributed by atoms with Gasteiger partial charge in [-0.3, -0.25) is 24.8 Å². The molecule has 0 radical (unpaired) electrons. The van der Waals surface area contributed by atoms with Crippen LogP contribution in [0.15, 0.2) is 59.4 Å². The van der Waals surface area contributed by atoms with E-state index < -0.39 is 10.5 Å². The van der Waals surface area contributed by atoms with E-state index in [0.717, 1.165) is 5.56 Å². The van der Waals surface area contributed by atoms with Crippen LogP contribution >= 0.6 is 0 Å². The highest BCUT2D eigenvalue weighted by Gasteiger charge is 2.23. The fourth-order valence-corrected chi connectivity index (χ4v) is 3.05. The summed E-state index contributed by atoms with van der Waals surface area (Å²) in [6.07, 6.45) is 0. The lowest BCUT2D eigenvalue weighted by molar-refractivity contribution is -0.384. The molecule has 8 heteroatoms. The normalized spacial score (nSPS) is 11.0. The van der Waals surface area contributed by atoms with E-state index in [1.807, 2.05) is 44.2 Å². The van der Waals surface area contributed by atoms with Crippen molar-refractivity contribution in [3.05, 3.63) is 91.9 Å². The Morgan fingerprint density at radius 3 is 2.38 bits per heavy atom. The maximum atomic E-state index is 12.9. The van der Waals surface area contributed by atoms with Crippen LogP contribution in [0.3, 0.4) is 0 Å². The molecule has 2 aromatic carbocycles. The van der Waals surface area contributed by atoms with Crippen molar-refractivity contribution < 1.29 is 9.72 Å². The van der Waals surface area contributed by atoms with Crippen LogP contribution in [0, 0.1) is 10.1 Å². The minimum absolute atomic E-state index is 0.0297. The van der Waals surface area contributed by atoms with Gasteiger partial charge in [0, 0.05) is 18.7 Å². The minimum Gasteiger partial charge on any atom is -0.306 e. The molecule has 0 aliphatic heterocycles. The smallest absolute Gasteiger partial charge is 0.282 e. The number of nitrogens with zero attached hydrogens (tertiary/aromatic N) is 2. The van der Waals surface area contributed by atoms with Gasteiger partial charge in [-0.1, -0.05) is 44.2 Å². The second kappa shape index (κ2) is 8.66. The molecule has 0 aliphatic rings. The number of nitro benzene ring substituents is 1. The molecule has 0 saturated carbocycles. The SMILES string of the molecule is CC(C)c1[nH]n(-c2ccc([N+](=O)[O-])cc2)c(=O)c1C(=O)CNCc1ccccc1. The number of hydrogen-bond acceptors (Lipinski definition) is 5. The number of H-pyrrole nitrogens is 1. The third-order valence-corrected chi connectivity index (χ3v) is 4.55. The Kier molecular flexibility index (Phi) is 6.04. The van der Waals surface area contributed by atoms with Gasteiger partial charge in [0.1, 0.15) is 5.56 Å². The first-order valence-corrected chi connectivity index (χ1v) is 9.26. The predicted molar refractivity (Wildman–Crippen MR) is 110 cm³/mol. The number of non-ortho nitro benzene ring substituents is 1. The summed E-state index contributed by atoms with van der Waals surface area (Å²) in [6.45, 7) is 4.33. The molecule has 29 heavy (non-hydrogen) atoms. The van der Waals surface area contributed by atoms with E-state index in [1.165, 1.54) is 28.9 Å². The molecule has 0 bridgehead atoms. The van der Waals surface area contributed by atoms with E-state index in [0.29, 0.717) is 17.9 Å². The van der Waals surface area contributed by atoms with Gasteiger partial charge in [-0.2, -0.15) is 0 Å². The summed E-state index contributed by atoms with van der Waals surface area (Å²) >= 11 is 0. The summed E-state index contributed by atoms with van der Waals surface area (Å²) in [4.78, 5) is 36.0. The second-order valence-electron chi connectivity index (χ2n) is 6.98. The molecule has 3 rings (SSSR count). The first-order valence-electron chi connectivity index (χ1n) is 9.26. The highest BCUT2D eigenvalue weighted by atomic mass is 16.6. The average molecular weight is 394 g/mol. The number of carbonyl (C=O) groups is 1. The molecule has 0 aliphatic carbocycles. The zero-order chi connectivity index (χ0) is 21.0. The van der Waals surface area contributed by atoms with Gasteiger partial charge in [0.2, 0.25) is 0 Å². The van der Waals surface area contributed by atoms with Gasteiger partial charge in [-0.05, 0) is 23.6 Å². The third-order valence-electron chi connectivity index (χ3n) is 4.55. The Labute approximate surface area is 167 Å². The van der Waals surface area contributed by atoms with Crippen LogP contribution < -0.4 is 10.9 Å². The Hall–Kier alpha value is -3.52. The molecule has 150 valence electrons. The van der Waals surface area contributed by atoms with Crippen molar-refractivity contribution in [2.24, 2.45) is 0 Å². The lowest BCUT2D eigenvalue weighted by Gasteiger charge is -2.06. The fourth-order valence-electron chi connectivity index (χ4n) is 3.05. The number of carbonyl (C=O) groups excluding carboxylic acids is 1. The molecule has 3 aromatic rings. The second-order valence-corrected chi connectivity index (χ2v) is 6.98. The molecule has 1 aromatic heterocycles. The van der Waals surface area contributed by atoms with Crippen LogP contribution in [0.2, 0.25) is 0 Å². The van der Waals surface area contributed by atoms with Gasteiger partial charge >= 0.3 is 0 Å².